The van der Waals surface area contributed by atoms with Crippen LogP contribution in [0.25, 0.3) is 67.0 Å². The van der Waals surface area contributed by atoms with Crippen LogP contribution in [0.4, 0.5) is 35.3 Å². The molecule has 0 aromatic carbocycles. The van der Waals surface area contributed by atoms with E-state index in [4.69, 9.17) is 108 Å². The van der Waals surface area contributed by atoms with Gasteiger partial charge in [-0.25, -0.2) is 67.1 Å². The van der Waals surface area contributed by atoms with E-state index in [1.807, 2.05) is 0 Å². The van der Waals surface area contributed by atoms with Crippen molar-refractivity contribution in [2.24, 2.45) is 0 Å². The van der Waals surface area contributed by atoms with Crippen molar-refractivity contribution in [3.8, 4) is 0 Å². The second kappa shape index (κ2) is 34.1. The standard InChI is InChI=1S/C60H73N30O34P5/c61-43-37-46(79-58(96)73-43)86(13-67-37)32-2-20(25(7-91)114-32)120-126(101,102)110-9-29-23(5-35(118-29)89-17-71-41-50(89)77-56(65)83-53(41)94)123-129(107,108)112-11-28-22(4-34(117-28)88-15-69-39-45(63)75-60(98)81-48(39)88)122-127(103,104)113-12-30-24(6-36(119-30)90-18-72-42-51(90)78-57(66)84-54(42)95)124-128(105,106)111-10-27-21(3-33(116-27)87-14-68-38-44(62)74-59(97)80-47(38)87)121-125(99,100)109-8-26-19(92)1-31(115-26)85-16-70-40-49(85)76-55(64)82-52(40)93/h13-36,91-92H,1-12H2,(H,99,100)(H,101,102)(H,103,104)(H,105,106)(H,107,108)(H3,61,73,79,96)(H3,62,74,80,97)(H3,63,75,81,98)(H3,64,76,82,93)(H3,65,77,83,94)(H3,66,78,84,95)/t19-,20-,21-,22-,23-,24-,25+,26+,27+,28+,29+,30+,31+,32+,33+,34+,35+,36+/m0/s1. The number of aliphatic hydroxyl groups is 2. The summed E-state index contributed by atoms with van der Waals surface area (Å²) in [5.41, 5.74) is 29.0. The average Bonchev–Trinajstić information content (AvgIpc) is 1.65. The number of hydrogen-bond acceptors (Lipinski definition) is 47. The fourth-order valence-electron chi connectivity index (χ4n) is 15.5. The van der Waals surface area contributed by atoms with Crippen LogP contribution in [0.1, 0.15) is 75.9 Å². The van der Waals surface area contributed by atoms with E-state index in [1.165, 1.54) is 30.9 Å². The summed E-state index contributed by atoms with van der Waals surface area (Å²) in [6, 6.07) is 0. The van der Waals surface area contributed by atoms with Crippen molar-refractivity contribution in [1.82, 2.24) is 117 Å². The Morgan fingerprint density at radius 1 is 0.326 bits per heavy atom. The first kappa shape index (κ1) is 88.8. The highest BCUT2D eigenvalue weighted by Gasteiger charge is 2.52. The summed E-state index contributed by atoms with van der Waals surface area (Å²) in [5.74, 6) is -1.65. The second-order valence-corrected chi connectivity index (χ2v) is 36.7. The molecule has 0 aliphatic carbocycles. The number of nitrogens with one attached hydrogen (secondary N) is 6. The molecule has 64 nitrogen and oxygen atoms in total. The molecule has 12 aromatic heterocycles. The number of nitrogens with two attached hydrogens (primary N) is 6. The molecule has 0 amide bonds. The summed E-state index contributed by atoms with van der Waals surface area (Å²) in [6.07, 6.45) is -23.1. The smallest absolute Gasteiger partial charge is 0.394 e. The number of H-pyrrole nitrogens is 6. The van der Waals surface area contributed by atoms with Gasteiger partial charge >= 0.3 is 56.2 Å². The molecule has 129 heavy (non-hydrogen) atoms. The highest BCUT2D eigenvalue weighted by atomic mass is 31.2. The highest BCUT2D eigenvalue weighted by Crippen LogP contribution is 2.57. The van der Waals surface area contributed by atoms with E-state index < -0.39 is 255 Å². The van der Waals surface area contributed by atoms with Gasteiger partial charge in [-0.05, 0) is 0 Å². The summed E-state index contributed by atoms with van der Waals surface area (Å²) in [7, 11) is -27.7. The molecule has 6 fully saturated rings. The summed E-state index contributed by atoms with van der Waals surface area (Å²) in [6.45, 7) is -6.00. The topological polar surface area (TPSA) is 912 Å². The number of anilines is 6. The van der Waals surface area contributed by atoms with E-state index >= 15 is 0 Å². The van der Waals surface area contributed by atoms with Crippen molar-refractivity contribution >= 4 is 141 Å². The fourth-order valence-corrected chi connectivity index (χ4v) is 20.3. The van der Waals surface area contributed by atoms with Crippen LogP contribution in [0.3, 0.4) is 0 Å². The largest absolute Gasteiger partial charge is 0.472 e. The number of phosphoric acid groups is 5. The van der Waals surface area contributed by atoms with E-state index in [2.05, 4.69) is 89.7 Å². The Morgan fingerprint density at radius 2 is 0.543 bits per heavy atom. The number of rotatable bonds is 32. The van der Waals surface area contributed by atoms with Gasteiger partial charge in [0, 0.05) is 38.5 Å². The van der Waals surface area contributed by atoms with E-state index in [-0.39, 0.29) is 109 Å². The summed E-state index contributed by atoms with van der Waals surface area (Å²) in [5, 5.41) is 21.4. The van der Waals surface area contributed by atoms with Gasteiger partial charge in [0.25, 0.3) is 16.7 Å². The van der Waals surface area contributed by atoms with Crippen molar-refractivity contribution < 1.29 is 131 Å². The lowest BCUT2D eigenvalue weighted by Crippen LogP contribution is -2.32. The van der Waals surface area contributed by atoms with E-state index in [0.717, 1.165) is 34.4 Å². The molecule has 692 valence electrons. The van der Waals surface area contributed by atoms with Gasteiger partial charge in [0.1, 0.15) is 139 Å². The molecular formula is C60H73N30O34P5. The SMILES string of the molecule is Nc1nc2c(ncn2[C@H]2C[C@H](OP(=O)(O)OC[C@H]3O[C@@H](n4cnc5c(N)[nH]c(=O)nc54)C[C@@H]3OP(=O)(O)OC[C@H]3O[C@@H](n4cnc5c(=O)[nH]c(N)nc54)C[C@@H]3OP(=O)(O)OC[C@H]3O[C@@H](n4cnc5c(N)[nH]c(=O)nc54)C[C@@H]3OP(=O)(O)OC[C@H]3O[C@@H](n4cnc5c(=O)[nH]c(N)nc54)C[C@@H]3O)[C@@H](COP(=O)(O)O[C@H]3C[C@H](n4cnc5c(N)[nH]c(=O)nc54)O[C@@H]3CO)O2)c(=O)[nH]1. The molecule has 5 unspecified atom stereocenters. The molecule has 18 heterocycles. The predicted molar refractivity (Wildman–Crippen MR) is 423 cm³/mol. The summed E-state index contributed by atoms with van der Waals surface area (Å²) in [4.78, 5) is 197. The number of aliphatic hydroxyl groups excluding tert-OH is 2. The third-order valence-corrected chi connectivity index (χ3v) is 26.3. The Kier molecular flexibility index (Phi) is 23.5. The van der Waals surface area contributed by atoms with Gasteiger partial charge in [0.15, 0.2) is 50.4 Å². The number of aromatic nitrogens is 24. The maximum Gasteiger partial charge on any atom is 0.472 e. The average molecular weight is 1910 g/mol. The molecular weight excluding hydrogens is 1840 g/mol. The minimum Gasteiger partial charge on any atom is -0.394 e. The highest BCUT2D eigenvalue weighted by molar-refractivity contribution is 7.48. The molecule has 0 bridgehead atoms. The maximum atomic E-state index is 14.7. The quantitative estimate of drug-likeness (QED) is 0.0178. The number of hydrogen-bond donors (Lipinski definition) is 19. The third-order valence-electron chi connectivity index (χ3n) is 21.3. The van der Waals surface area contributed by atoms with Crippen LogP contribution in [0.15, 0.2) is 66.7 Å². The van der Waals surface area contributed by atoms with Crippen LogP contribution < -0.4 is 68.1 Å². The molecule has 6 saturated heterocycles. The first-order chi connectivity index (χ1) is 61.2. The molecule has 18 rings (SSSR count). The third kappa shape index (κ3) is 18.2. The van der Waals surface area contributed by atoms with Gasteiger partial charge in [-0.15, -0.1) is 0 Å². The summed E-state index contributed by atoms with van der Waals surface area (Å²) < 4.78 is 171. The molecule has 0 saturated carbocycles. The molecule has 25 N–H and O–H groups in total. The molecule has 6 aliphatic heterocycles. The van der Waals surface area contributed by atoms with Crippen molar-refractivity contribution in [2.75, 3.05) is 74.0 Å². The minimum atomic E-state index is -5.70. The van der Waals surface area contributed by atoms with Gasteiger partial charge in [-0.1, -0.05) is 0 Å². The number of phosphoric ester groups is 5. The van der Waals surface area contributed by atoms with Crippen molar-refractivity contribution in [3.63, 3.8) is 0 Å². The van der Waals surface area contributed by atoms with E-state index in [0.29, 0.717) is 0 Å². The molecule has 69 heteroatoms. The molecule has 0 radical (unpaired) electrons. The second-order valence-electron chi connectivity index (χ2n) is 29.6. The van der Waals surface area contributed by atoms with Gasteiger partial charge in [0.05, 0.1) is 83.7 Å². The fraction of sp³-hybridized carbons (Fsp3) is 0.500. The Morgan fingerprint density at radius 3 is 0.806 bits per heavy atom. The molecule has 12 aromatic rings. The van der Waals surface area contributed by atoms with Gasteiger partial charge in [0.2, 0.25) is 17.8 Å². The lowest BCUT2D eigenvalue weighted by molar-refractivity contribution is -0.0639. The van der Waals surface area contributed by atoms with Gasteiger partial charge in [-0.3, -0.25) is 117 Å². The number of nitrogen functional groups attached to an aromatic ring is 6. The Balaban J connectivity index is 0.573. The Hall–Kier alpha value is -10.9. The van der Waals surface area contributed by atoms with Crippen molar-refractivity contribution in [2.45, 2.75) is 149 Å². The Labute approximate surface area is 710 Å². The maximum absolute atomic E-state index is 14.7. The number of nitrogens with zero attached hydrogens (tertiary/aromatic N) is 18. The van der Waals surface area contributed by atoms with Crippen LogP contribution in [0.5, 0.6) is 0 Å². The van der Waals surface area contributed by atoms with Gasteiger partial charge in [-0.2, -0.15) is 29.9 Å². The zero-order valence-electron chi connectivity index (χ0n) is 65.2. The number of aromatic amines is 6. The van der Waals surface area contributed by atoms with Crippen LogP contribution in [-0.2, 0) is 96.5 Å². The van der Waals surface area contributed by atoms with Crippen LogP contribution >= 0.6 is 39.1 Å². The molecule has 23 atom stereocenters. The van der Waals surface area contributed by atoms with E-state index in [9.17, 15) is 86.3 Å². The van der Waals surface area contributed by atoms with Crippen molar-refractivity contribution in [1.29, 1.82) is 0 Å². The van der Waals surface area contributed by atoms with Crippen LogP contribution in [-0.4, -0.2) is 265 Å². The van der Waals surface area contributed by atoms with Crippen LogP contribution in [0.2, 0.25) is 0 Å². The number of fused-ring (bicyclic) bond motifs is 6. The van der Waals surface area contributed by atoms with Crippen molar-refractivity contribution in [3.05, 3.63) is 100 Å². The predicted octanol–water partition coefficient (Wildman–Crippen LogP) is -4.13. The zero-order valence-corrected chi connectivity index (χ0v) is 69.7. The zero-order chi connectivity index (χ0) is 91.0. The number of imidazole rings is 6. The first-order valence-corrected chi connectivity index (χ1v) is 45.6. The normalized spacial score (nSPS) is 28.6. The summed E-state index contributed by atoms with van der Waals surface area (Å²) >= 11 is 0. The van der Waals surface area contributed by atoms with Gasteiger partial charge < -0.3 is 97.5 Å². The lowest BCUT2D eigenvalue weighted by Gasteiger charge is -2.26. The first-order valence-electron chi connectivity index (χ1n) is 38.1. The lowest BCUT2D eigenvalue weighted by atomic mass is 10.2. The monoisotopic (exact) mass is 1910 g/mol. The minimum absolute atomic E-state index is 0.0127. The van der Waals surface area contributed by atoms with Crippen LogP contribution in [0, 0.1) is 0 Å². The molecule has 6 aliphatic rings. The molecule has 0 spiro atoms. The van der Waals surface area contributed by atoms with E-state index in [1.54, 1.807) is 0 Å². The Bertz CT molecular complexity index is 7010. The number of ether oxygens (including phenoxy) is 6.